The molecule has 0 saturated carbocycles. The van der Waals surface area contributed by atoms with Gasteiger partial charge in [0.2, 0.25) is 0 Å². The molecule has 3 heterocycles. The van der Waals surface area contributed by atoms with Crippen molar-refractivity contribution in [2.24, 2.45) is 4.99 Å². The lowest BCUT2D eigenvalue weighted by Gasteiger charge is -2.13. The van der Waals surface area contributed by atoms with Gasteiger partial charge in [0.05, 0.1) is 30.4 Å². The van der Waals surface area contributed by atoms with E-state index in [9.17, 15) is 4.39 Å². The fourth-order valence-electron chi connectivity index (χ4n) is 4.92. The van der Waals surface area contributed by atoms with Crippen molar-refractivity contribution in [3.05, 3.63) is 95.8 Å². The molecule has 2 N–H and O–H groups in total. The molecule has 0 saturated heterocycles. The Kier molecular flexibility index (Phi) is 8.93. The number of H-pyrrole nitrogens is 1. The first-order valence-corrected chi connectivity index (χ1v) is 14.2. The second kappa shape index (κ2) is 13.0. The SMILES string of the molecule is CCC/N=C(/c1cc2c(-c3cc(F)cc(NCCN(C)C)c3)cccc2[nH]1)c1nc(-c2cncc(OC)c2)ccc1C. The topological polar surface area (TPSA) is 78.4 Å². The Morgan fingerprint density at radius 1 is 1.05 bits per heavy atom. The van der Waals surface area contributed by atoms with E-state index in [4.69, 9.17) is 14.7 Å². The lowest BCUT2D eigenvalue weighted by molar-refractivity contribution is 0.413. The summed E-state index contributed by atoms with van der Waals surface area (Å²) in [5.74, 6) is 0.398. The molecule has 0 bridgehead atoms. The van der Waals surface area contributed by atoms with Gasteiger partial charge in [-0.05, 0) is 86.6 Å². The molecule has 42 heavy (non-hydrogen) atoms. The lowest BCUT2D eigenvalue weighted by Crippen LogP contribution is -2.20. The van der Waals surface area contributed by atoms with Gasteiger partial charge in [-0.1, -0.05) is 25.1 Å². The van der Waals surface area contributed by atoms with Crippen LogP contribution in [0.25, 0.3) is 33.3 Å². The zero-order chi connectivity index (χ0) is 29.6. The minimum Gasteiger partial charge on any atom is -0.495 e. The van der Waals surface area contributed by atoms with Gasteiger partial charge in [0.1, 0.15) is 17.3 Å². The number of likely N-dealkylation sites (N-methyl/N-ethyl adjacent to an activating group) is 1. The van der Waals surface area contributed by atoms with Gasteiger partial charge in [-0.3, -0.25) is 9.98 Å². The van der Waals surface area contributed by atoms with Crippen LogP contribution < -0.4 is 10.1 Å². The van der Waals surface area contributed by atoms with Crippen LogP contribution in [-0.4, -0.2) is 66.4 Å². The summed E-state index contributed by atoms with van der Waals surface area (Å²) in [6, 6.07) is 19.3. The third-order valence-corrected chi connectivity index (χ3v) is 7.08. The molecule has 7 nitrogen and oxygen atoms in total. The number of aromatic amines is 1. The summed E-state index contributed by atoms with van der Waals surface area (Å²) in [6.07, 6.45) is 4.36. The molecule has 0 unspecified atom stereocenters. The Balaban J connectivity index is 1.57. The molecule has 0 amide bonds. The molecular formula is C34H37FN6O. The molecule has 5 rings (SSSR count). The Labute approximate surface area is 246 Å². The molecule has 3 aromatic heterocycles. The van der Waals surface area contributed by atoms with E-state index >= 15 is 0 Å². The van der Waals surface area contributed by atoms with Crippen LogP contribution in [0.15, 0.2) is 78.0 Å². The molecule has 0 fully saturated rings. The number of fused-ring (bicyclic) bond motifs is 1. The maximum Gasteiger partial charge on any atom is 0.137 e. The molecule has 216 valence electrons. The van der Waals surface area contributed by atoms with E-state index in [1.165, 1.54) is 6.07 Å². The molecule has 0 atom stereocenters. The smallest absolute Gasteiger partial charge is 0.137 e. The second-order valence-electron chi connectivity index (χ2n) is 10.6. The van der Waals surface area contributed by atoms with Crippen LogP contribution in [0, 0.1) is 12.7 Å². The number of nitrogens with one attached hydrogen (secondary N) is 2. The molecule has 0 aliphatic heterocycles. The van der Waals surface area contributed by atoms with Crippen LogP contribution in [0.2, 0.25) is 0 Å². The van der Waals surface area contributed by atoms with Crippen molar-refractivity contribution in [3.8, 4) is 28.1 Å². The van der Waals surface area contributed by atoms with Crippen LogP contribution >= 0.6 is 0 Å². The van der Waals surface area contributed by atoms with Crippen molar-refractivity contribution < 1.29 is 9.13 Å². The van der Waals surface area contributed by atoms with Crippen LogP contribution in [0.5, 0.6) is 5.75 Å². The summed E-state index contributed by atoms with van der Waals surface area (Å²) in [7, 11) is 5.66. The maximum atomic E-state index is 14.8. The zero-order valence-corrected chi connectivity index (χ0v) is 24.8. The van der Waals surface area contributed by atoms with E-state index in [1.54, 1.807) is 25.6 Å². The monoisotopic (exact) mass is 564 g/mol. The average molecular weight is 565 g/mol. The van der Waals surface area contributed by atoms with Crippen molar-refractivity contribution in [2.75, 3.05) is 46.2 Å². The molecule has 0 spiro atoms. The van der Waals surface area contributed by atoms with Crippen molar-refractivity contribution in [1.29, 1.82) is 0 Å². The van der Waals surface area contributed by atoms with Gasteiger partial charge in [-0.15, -0.1) is 0 Å². The fourth-order valence-corrected chi connectivity index (χ4v) is 4.92. The molecule has 0 aliphatic carbocycles. The number of hydrogen-bond acceptors (Lipinski definition) is 6. The summed E-state index contributed by atoms with van der Waals surface area (Å²) in [4.78, 5) is 20.0. The third kappa shape index (κ3) is 6.50. The predicted molar refractivity (Wildman–Crippen MR) is 170 cm³/mol. The number of hydrogen-bond donors (Lipinski definition) is 2. The Hall–Kier alpha value is -4.56. The summed E-state index contributed by atoms with van der Waals surface area (Å²) < 4.78 is 20.1. The quantitative estimate of drug-likeness (QED) is 0.169. The molecule has 0 radical (unpaired) electrons. The predicted octanol–water partition coefficient (Wildman–Crippen LogP) is 6.97. The van der Waals surface area contributed by atoms with Crippen molar-refractivity contribution in [2.45, 2.75) is 20.3 Å². The largest absolute Gasteiger partial charge is 0.495 e. The number of aromatic nitrogens is 3. The average Bonchev–Trinajstić information content (AvgIpc) is 3.42. The first-order chi connectivity index (χ1) is 20.4. The van der Waals surface area contributed by atoms with E-state index < -0.39 is 0 Å². The van der Waals surface area contributed by atoms with Crippen LogP contribution in [-0.2, 0) is 0 Å². The van der Waals surface area contributed by atoms with Gasteiger partial charge >= 0.3 is 0 Å². The number of aryl methyl sites for hydroxylation is 1. The summed E-state index contributed by atoms with van der Waals surface area (Å²) in [5, 5.41) is 4.34. The number of pyridine rings is 2. The first-order valence-electron chi connectivity index (χ1n) is 14.2. The fraction of sp³-hybridized carbons (Fsp3) is 0.265. The highest BCUT2D eigenvalue weighted by Gasteiger charge is 2.18. The third-order valence-electron chi connectivity index (χ3n) is 7.08. The summed E-state index contributed by atoms with van der Waals surface area (Å²) in [6.45, 7) is 6.39. The number of methoxy groups -OCH3 is 1. The lowest BCUT2D eigenvalue weighted by atomic mass is 10.00. The number of anilines is 1. The first kappa shape index (κ1) is 29.0. The van der Waals surface area contributed by atoms with Gasteiger partial charge in [0.15, 0.2) is 0 Å². The maximum absolute atomic E-state index is 14.8. The Morgan fingerprint density at radius 3 is 2.69 bits per heavy atom. The summed E-state index contributed by atoms with van der Waals surface area (Å²) in [5.41, 5.74) is 8.59. The number of halogens is 1. The minimum absolute atomic E-state index is 0.276. The highest BCUT2D eigenvalue weighted by molar-refractivity contribution is 6.14. The van der Waals surface area contributed by atoms with Gasteiger partial charge < -0.3 is 19.9 Å². The highest BCUT2D eigenvalue weighted by atomic mass is 19.1. The Bertz CT molecular complexity index is 1730. The van der Waals surface area contributed by atoms with Gasteiger partial charge in [0, 0.05) is 48.0 Å². The number of nitrogens with zero attached hydrogens (tertiary/aromatic N) is 4. The number of benzene rings is 2. The number of rotatable bonds is 11. The molecule has 5 aromatic rings. The van der Waals surface area contributed by atoms with Crippen molar-refractivity contribution in [1.82, 2.24) is 19.9 Å². The number of ether oxygens (including phenoxy) is 1. The van der Waals surface area contributed by atoms with Crippen LogP contribution in [0.3, 0.4) is 0 Å². The standard InChI is InChI=1S/C34H37FN6O/c1-6-12-38-34(33-22(2)10-11-30(40-33)24-17-27(42-5)21-36-20-24)32-19-29-28(8-7-9-31(29)39-32)23-15-25(35)18-26(16-23)37-13-14-41(3)4/h7-11,15-21,37,39H,6,12-14H2,1-5H3/b38-34-. The van der Waals surface area contributed by atoms with Gasteiger partial charge in [-0.2, -0.15) is 0 Å². The van der Waals surface area contributed by atoms with Crippen LogP contribution in [0.4, 0.5) is 10.1 Å². The molecule has 2 aromatic carbocycles. The zero-order valence-electron chi connectivity index (χ0n) is 24.8. The van der Waals surface area contributed by atoms with Gasteiger partial charge in [-0.25, -0.2) is 9.37 Å². The van der Waals surface area contributed by atoms with Crippen LogP contribution in [0.1, 0.15) is 30.3 Å². The summed E-state index contributed by atoms with van der Waals surface area (Å²) >= 11 is 0. The van der Waals surface area contributed by atoms with Crippen molar-refractivity contribution in [3.63, 3.8) is 0 Å². The Morgan fingerprint density at radius 2 is 1.90 bits per heavy atom. The van der Waals surface area contributed by atoms with E-state index in [1.807, 2.05) is 57.4 Å². The highest BCUT2D eigenvalue weighted by Crippen LogP contribution is 2.33. The van der Waals surface area contributed by atoms with Gasteiger partial charge in [0.25, 0.3) is 0 Å². The van der Waals surface area contributed by atoms with E-state index in [0.29, 0.717) is 12.3 Å². The normalized spacial score (nSPS) is 11.8. The van der Waals surface area contributed by atoms with E-state index in [2.05, 4.69) is 39.2 Å². The van der Waals surface area contributed by atoms with E-state index in [-0.39, 0.29) is 5.82 Å². The van der Waals surface area contributed by atoms with Crippen molar-refractivity contribution >= 4 is 22.3 Å². The number of aliphatic imine (C=N–C) groups is 1. The molecular weight excluding hydrogens is 527 g/mol. The minimum atomic E-state index is -0.276. The molecule has 0 aliphatic rings. The second-order valence-corrected chi connectivity index (χ2v) is 10.6. The van der Waals surface area contributed by atoms with E-state index in [0.717, 1.165) is 81.1 Å². The molecule has 8 heteroatoms.